The largest absolute Gasteiger partial charge is 0.367 e. The van der Waals surface area contributed by atoms with Crippen molar-refractivity contribution in [2.45, 2.75) is 17.8 Å². The quantitative estimate of drug-likeness (QED) is 0.474. The fraction of sp³-hybridized carbons (Fsp3) is 0.286. The van der Waals surface area contributed by atoms with E-state index in [0.717, 1.165) is 17.8 Å². The number of ether oxygens (including phenoxy) is 2. The summed E-state index contributed by atoms with van der Waals surface area (Å²) in [5.41, 5.74) is 1.67. The molecule has 2 nitrogen and oxygen atoms in total. The monoisotopic (exact) mass is 208 g/mol. The first-order valence-electron chi connectivity index (χ1n) is 5.31. The van der Waals surface area contributed by atoms with Gasteiger partial charge in [0.2, 0.25) is 0 Å². The molecule has 2 fully saturated rings. The van der Waals surface area contributed by atoms with Crippen LogP contribution in [0.25, 0.3) is 0 Å². The summed E-state index contributed by atoms with van der Waals surface area (Å²) in [5, 5.41) is 0. The lowest BCUT2D eigenvalue weighted by Gasteiger charge is -1.99. The van der Waals surface area contributed by atoms with E-state index in [0.29, 0.717) is 0 Å². The summed E-state index contributed by atoms with van der Waals surface area (Å²) in [6, 6.07) is 0. The first-order chi connectivity index (χ1) is 7.88. The van der Waals surface area contributed by atoms with Crippen LogP contribution in [0.5, 0.6) is 0 Å². The van der Waals surface area contributed by atoms with Gasteiger partial charge in [-0.05, 0) is 12.2 Å². The van der Waals surface area contributed by atoms with Gasteiger partial charge in [-0.15, -0.1) is 0 Å². The zero-order valence-electron chi connectivity index (χ0n) is 8.49. The molecule has 3 atom stereocenters. The molecule has 4 aliphatic rings. The van der Waals surface area contributed by atoms with Crippen LogP contribution < -0.4 is 0 Å². The van der Waals surface area contributed by atoms with Gasteiger partial charge in [-0.25, -0.2) is 0 Å². The zero-order valence-corrected chi connectivity index (χ0v) is 8.49. The highest BCUT2D eigenvalue weighted by atomic mass is 16.6. The minimum absolute atomic E-state index is 0.0254. The molecule has 0 bridgehead atoms. The number of hydrogen-bond acceptors (Lipinski definition) is 2. The van der Waals surface area contributed by atoms with Crippen molar-refractivity contribution in [3.05, 3.63) is 35.5 Å². The molecule has 1 spiro atoms. The van der Waals surface area contributed by atoms with Crippen molar-refractivity contribution in [2.75, 3.05) is 6.61 Å². The molecule has 0 saturated carbocycles. The molecule has 2 aliphatic heterocycles. The summed E-state index contributed by atoms with van der Waals surface area (Å²) in [6.45, 7) is 0.768. The third kappa shape index (κ3) is 1.06. The number of allylic oxidation sites excluding steroid dienone is 3. The Morgan fingerprint density at radius 1 is 1.38 bits per heavy atom. The molecule has 0 N–H and O–H groups in total. The first kappa shape index (κ1) is 8.42. The van der Waals surface area contributed by atoms with Gasteiger partial charge in [0, 0.05) is 17.2 Å². The molecule has 2 heterocycles. The Morgan fingerprint density at radius 2 is 2.31 bits per heavy atom. The second-order valence-electron chi connectivity index (χ2n) is 4.19. The maximum absolute atomic E-state index is 5.62. The van der Waals surface area contributed by atoms with Crippen molar-refractivity contribution in [1.29, 1.82) is 0 Å². The molecule has 0 aromatic rings. The first-order valence-corrected chi connectivity index (χ1v) is 5.31. The third-order valence-corrected chi connectivity index (χ3v) is 3.14. The Labute approximate surface area is 93.6 Å². The van der Waals surface area contributed by atoms with E-state index in [1.54, 1.807) is 0 Å². The lowest BCUT2D eigenvalue weighted by Crippen LogP contribution is -2.10. The van der Waals surface area contributed by atoms with Gasteiger partial charge in [-0.1, -0.05) is 29.8 Å². The van der Waals surface area contributed by atoms with E-state index in [1.165, 1.54) is 0 Å². The molecule has 0 radical (unpaired) electrons. The zero-order chi connectivity index (χ0) is 10.6. The van der Waals surface area contributed by atoms with Gasteiger partial charge in [0.1, 0.15) is 6.10 Å². The van der Waals surface area contributed by atoms with Gasteiger partial charge in [0.15, 0.2) is 11.7 Å². The van der Waals surface area contributed by atoms with Crippen molar-refractivity contribution >= 4 is 0 Å². The lowest BCUT2D eigenvalue weighted by molar-refractivity contribution is 0.374. The van der Waals surface area contributed by atoms with E-state index < -0.39 is 0 Å². The molecular formula is C14H8O2. The van der Waals surface area contributed by atoms with E-state index >= 15 is 0 Å². The SMILES string of the molecule is C1#CC2OC23C=CC=C3C#C/C(C2CO2)=C\1. The van der Waals surface area contributed by atoms with Crippen LogP contribution in [0.2, 0.25) is 0 Å². The Morgan fingerprint density at radius 3 is 3.19 bits per heavy atom. The normalized spacial score (nSPS) is 43.8. The molecule has 0 amide bonds. The summed E-state index contributed by atoms with van der Waals surface area (Å²) >= 11 is 0. The van der Waals surface area contributed by atoms with E-state index in [2.05, 4.69) is 23.7 Å². The van der Waals surface area contributed by atoms with Crippen molar-refractivity contribution in [3.8, 4) is 23.7 Å². The van der Waals surface area contributed by atoms with Crippen LogP contribution >= 0.6 is 0 Å². The van der Waals surface area contributed by atoms with Gasteiger partial charge in [-0.3, -0.25) is 0 Å². The molecule has 16 heavy (non-hydrogen) atoms. The number of hydrogen-bond donors (Lipinski definition) is 0. The van der Waals surface area contributed by atoms with Crippen LogP contribution in [-0.2, 0) is 9.47 Å². The summed E-state index contributed by atoms with van der Waals surface area (Å²) in [4.78, 5) is 0. The van der Waals surface area contributed by atoms with Crippen molar-refractivity contribution in [3.63, 3.8) is 0 Å². The number of rotatable bonds is 1. The molecule has 3 unspecified atom stereocenters. The molecule has 2 saturated heterocycles. The highest BCUT2D eigenvalue weighted by molar-refractivity contribution is 5.59. The van der Waals surface area contributed by atoms with Crippen LogP contribution in [0, 0.1) is 23.7 Å². The minimum Gasteiger partial charge on any atom is -0.367 e. The fourth-order valence-corrected chi connectivity index (χ4v) is 2.05. The van der Waals surface area contributed by atoms with Crippen molar-refractivity contribution < 1.29 is 9.47 Å². The molecule has 4 rings (SSSR count). The van der Waals surface area contributed by atoms with E-state index in [1.807, 2.05) is 24.3 Å². The smallest absolute Gasteiger partial charge is 0.158 e. The molecular weight excluding hydrogens is 200 g/mol. The Balaban J connectivity index is 1.80. The summed E-state index contributed by atoms with van der Waals surface area (Å²) in [7, 11) is 0. The fourth-order valence-electron chi connectivity index (χ4n) is 2.05. The van der Waals surface area contributed by atoms with Crippen LogP contribution in [0.15, 0.2) is 35.5 Å². The molecule has 76 valence electrons. The van der Waals surface area contributed by atoms with Crippen LogP contribution in [0.3, 0.4) is 0 Å². The van der Waals surface area contributed by atoms with E-state index in [4.69, 9.17) is 9.47 Å². The highest BCUT2D eigenvalue weighted by Gasteiger charge is 2.57. The van der Waals surface area contributed by atoms with Crippen LogP contribution in [-0.4, -0.2) is 24.4 Å². The minimum atomic E-state index is -0.326. The van der Waals surface area contributed by atoms with Crippen molar-refractivity contribution in [1.82, 2.24) is 0 Å². The predicted octanol–water partition coefficient (Wildman–Crippen LogP) is 0.966. The van der Waals surface area contributed by atoms with E-state index in [9.17, 15) is 0 Å². The highest BCUT2D eigenvalue weighted by Crippen LogP contribution is 2.46. The molecule has 2 heteroatoms. The maximum atomic E-state index is 5.62. The summed E-state index contributed by atoms with van der Waals surface area (Å²) < 4.78 is 10.9. The summed E-state index contributed by atoms with van der Waals surface area (Å²) in [6.07, 6.45) is 8.03. The Kier molecular flexibility index (Phi) is 1.41. The van der Waals surface area contributed by atoms with Gasteiger partial charge < -0.3 is 9.47 Å². The lowest BCUT2D eigenvalue weighted by atomic mass is 9.99. The second-order valence-corrected chi connectivity index (χ2v) is 4.19. The van der Waals surface area contributed by atoms with E-state index in [-0.39, 0.29) is 17.8 Å². The van der Waals surface area contributed by atoms with Gasteiger partial charge in [0.25, 0.3) is 0 Å². The van der Waals surface area contributed by atoms with Crippen LogP contribution in [0.4, 0.5) is 0 Å². The Hall–Kier alpha value is -1.74. The average molecular weight is 208 g/mol. The summed E-state index contributed by atoms with van der Waals surface area (Å²) in [5.74, 6) is 12.4. The van der Waals surface area contributed by atoms with Crippen molar-refractivity contribution in [2.24, 2.45) is 0 Å². The standard InChI is InChI=1S/C14H8O2/c1-3-10(12-9-15-12)6-7-11-4-2-8-14(11)13(5-1)16-14/h2-4,8,12-13H,9H2/b10-3+. The Bertz CT molecular complexity index is 582. The second kappa shape index (κ2) is 2.68. The number of epoxide rings is 2. The van der Waals surface area contributed by atoms with Gasteiger partial charge in [0.05, 0.1) is 6.61 Å². The van der Waals surface area contributed by atoms with Gasteiger partial charge >= 0.3 is 0 Å². The van der Waals surface area contributed by atoms with Crippen LogP contribution in [0.1, 0.15) is 0 Å². The maximum Gasteiger partial charge on any atom is 0.158 e. The topological polar surface area (TPSA) is 25.1 Å². The molecule has 0 aromatic heterocycles. The third-order valence-electron chi connectivity index (χ3n) is 3.14. The average Bonchev–Trinajstić information content (AvgIpc) is 3.15. The predicted molar refractivity (Wildman–Crippen MR) is 58.2 cm³/mol. The molecule has 2 aliphatic carbocycles. The molecule has 0 aromatic carbocycles. The van der Waals surface area contributed by atoms with Gasteiger partial charge in [-0.2, -0.15) is 0 Å².